The molecule has 0 spiro atoms. The van der Waals surface area contributed by atoms with Crippen molar-refractivity contribution in [1.29, 1.82) is 0 Å². The minimum atomic E-state index is -0.980. The molecule has 224 valence electrons. The molecule has 0 saturated heterocycles. The third kappa shape index (κ3) is 15.3. The number of carbonyl (C=O) groups excluding carboxylic acids is 2. The molecule has 0 heterocycles. The van der Waals surface area contributed by atoms with Crippen LogP contribution in [0, 0.1) is 17.3 Å². The zero-order valence-electron chi connectivity index (χ0n) is 26.3. The lowest BCUT2D eigenvalue weighted by molar-refractivity contribution is -0.133. The summed E-state index contributed by atoms with van der Waals surface area (Å²) in [5, 5.41) is 5.96. The van der Waals surface area contributed by atoms with E-state index in [1.54, 1.807) is 13.8 Å². The van der Waals surface area contributed by atoms with Crippen molar-refractivity contribution in [3.63, 3.8) is 0 Å². The first kappa shape index (κ1) is 34.9. The van der Waals surface area contributed by atoms with E-state index in [0.29, 0.717) is 38.0 Å². The maximum atomic E-state index is 13.0. The number of alkyl carbamates (subject to hydrolysis) is 1. The molecule has 2 atom stereocenters. The van der Waals surface area contributed by atoms with Gasteiger partial charge in [0.1, 0.15) is 11.3 Å². The van der Waals surface area contributed by atoms with Crippen LogP contribution in [0.5, 0.6) is 0 Å². The van der Waals surface area contributed by atoms with E-state index in [4.69, 9.17) is 14.2 Å². The Labute approximate surface area is 238 Å². The molecule has 1 aromatic rings. The first-order chi connectivity index (χ1) is 18.0. The van der Waals surface area contributed by atoms with Gasteiger partial charge in [0.05, 0.1) is 19.3 Å². The fourth-order valence-electron chi connectivity index (χ4n) is 4.29. The third-order valence-corrected chi connectivity index (χ3v) is 6.77. The molecule has 2 N–H and O–H groups in total. The summed E-state index contributed by atoms with van der Waals surface area (Å²) in [4.78, 5) is 25.5. The number of hydrogen-bond acceptors (Lipinski definition) is 5. The van der Waals surface area contributed by atoms with Crippen molar-refractivity contribution in [2.45, 2.75) is 125 Å². The summed E-state index contributed by atoms with van der Waals surface area (Å²) in [7, 11) is 0. The van der Waals surface area contributed by atoms with E-state index in [2.05, 4.69) is 43.5 Å². The number of hydrogen-bond donors (Lipinski definition) is 2. The Morgan fingerprint density at radius 1 is 0.949 bits per heavy atom. The van der Waals surface area contributed by atoms with Gasteiger partial charge in [-0.1, -0.05) is 77.8 Å². The molecule has 0 aliphatic carbocycles. The normalized spacial score (nSPS) is 14.1. The minimum Gasteiger partial charge on any atom is -0.444 e. The lowest BCUT2D eigenvalue weighted by atomic mass is 9.86. The van der Waals surface area contributed by atoms with Crippen molar-refractivity contribution in [2.75, 3.05) is 13.2 Å². The van der Waals surface area contributed by atoms with Gasteiger partial charge in [0.25, 0.3) is 0 Å². The first-order valence-corrected chi connectivity index (χ1v) is 14.6. The van der Waals surface area contributed by atoms with Gasteiger partial charge in [0.15, 0.2) is 0 Å². The summed E-state index contributed by atoms with van der Waals surface area (Å²) >= 11 is 0. The lowest BCUT2D eigenvalue weighted by Crippen LogP contribution is -2.51. The Balaban J connectivity index is 2.86. The first-order valence-electron chi connectivity index (χ1n) is 14.6. The van der Waals surface area contributed by atoms with Crippen LogP contribution in [0.3, 0.4) is 0 Å². The van der Waals surface area contributed by atoms with Gasteiger partial charge in [-0.05, 0) is 71.3 Å². The molecular formula is C32H56N2O5. The molecule has 1 rings (SSSR count). The van der Waals surface area contributed by atoms with Crippen LogP contribution in [0.15, 0.2) is 30.3 Å². The van der Waals surface area contributed by atoms with Crippen molar-refractivity contribution in [1.82, 2.24) is 10.6 Å². The van der Waals surface area contributed by atoms with Crippen molar-refractivity contribution in [2.24, 2.45) is 17.3 Å². The van der Waals surface area contributed by atoms with E-state index in [1.165, 1.54) is 0 Å². The van der Waals surface area contributed by atoms with Crippen LogP contribution in [0.1, 0.15) is 107 Å². The average molecular weight is 549 g/mol. The number of unbranched alkanes of at least 4 members (excludes halogenated alkanes) is 1. The Morgan fingerprint density at radius 2 is 1.59 bits per heavy atom. The standard InChI is InChI=1S/C32H56N2O5/c1-11-12-20-31(7,8)28(35)33-21-27(38-32(9,10)34-29(36)39-30(4,5)6)19-18-26(24(2)3)23-37-22-25-16-14-13-15-17-25/h13-17,24,26-27H,11-12,18-23H2,1-10H3,(H,33,35)(H,34,36)/t26-,27?/m1/s1. The number of nitrogens with one attached hydrogen (secondary N) is 2. The molecule has 0 fully saturated rings. The fraction of sp³-hybridized carbons (Fsp3) is 0.750. The molecule has 7 heteroatoms. The van der Waals surface area contributed by atoms with Gasteiger partial charge in [-0.2, -0.15) is 0 Å². The van der Waals surface area contributed by atoms with Crippen molar-refractivity contribution >= 4 is 12.0 Å². The van der Waals surface area contributed by atoms with Gasteiger partial charge in [-0.15, -0.1) is 0 Å². The van der Waals surface area contributed by atoms with Crippen LogP contribution in [-0.2, 0) is 25.6 Å². The number of ether oxygens (including phenoxy) is 3. The molecule has 1 unspecified atom stereocenters. The summed E-state index contributed by atoms with van der Waals surface area (Å²) in [6, 6.07) is 10.2. The SMILES string of the molecule is CCCCC(C)(C)C(=O)NCC(CC[C@H](COCc1ccccc1)C(C)C)OC(C)(C)NC(=O)OC(C)(C)C. The maximum Gasteiger partial charge on any atom is 0.409 e. The van der Waals surface area contributed by atoms with E-state index >= 15 is 0 Å². The summed E-state index contributed by atoms with van der Waals surface area (Å²) in [6.45, 7) is 21.2. The second-order valence-electron chi connectivity index (χ2n) is 13.2. The van der Waals surface area contributed by atoms with Crippen LogP contribution in [-0.4, -0.2) is 42.6 Å². The summed E-state index contributed by atoms with van der Waals surface area (Å²) in [5.74, 6) is 0.782. The molecule has 7 nitrogen and oxygen atoms in total. The predicted molar refractivity (Wildman–Crippen MR) is 158 cm³/mol. The molecule has 0 aromatic heterocycles. The van der Waals surface area contributed by atoms with E-state index in [-0.39, 0.29) is 12.0 Å². The summed E-state index contributed by atoms with van der Waals surface area (Å²) in [5.41, 5.74) is -0.880. The van der Waals surface area contributed by atoms with Crippen LogP contribution in [0.4, 0.5) is 4.79 Å². The molecule has 0 aliphatic rings. The average Bonchev–Trinajstić information content (AvgIpc) is 2.81. The highest BCUT2D eigenvalue weighted by atomic mass is 16.6. The highest BCUT2D eigenvalue weighted by Gasteiger charge is 2.31. The minimum absolute atomic E-state index is 0.0223. The smallest absolute Gasteiger partial charge is 0.409 e. The molecular weight excluding hydrogens is 492 g/mol. The van der Waals surface area contributed by atoms with Crippen LogP contribution in [0.25, 0.3) is 0 Å². The van der Waals surface area contributed by atoms with Crippen LogP contribution >= 0.6 is 0 Å². The molecule has 1 aromatic carbocycles. The van der Waals surface area contributed by atoms with Crippen molar-refractivity contribution in [3.05, 3.63) is 35.9 Å². The molecule has 0 bridgehead atoms. The molecule has 0 saturated carbocycles. The Morgan fingerprint density at radius 3 is 2.15 bits per heavy atom. The Kier molecular flexibility index (Phi) is 14.5. The zero-order chi connectivity index (χ0) is 29.7. The van der Waals surface area contributed by atoms with E-state index in [0.717, 1.165) is 31.2 Å². The van der Waals surface area contributed by atoms with E-state index in [9.17, 15) is 9.59 Å². The summed E-state index contributed by atoms with van der Waals surface area (Å²) < 4.78 is 17.9. The fourth-order valence-corrected chi connectivity index (χ4v) is 4.29. The topological polar surface area (TPSA) is 85.9 Å². The number of amides is 2. The number of benzene rings is 1. The van der Waals surface area contributed by atoms with Gasteiger partial charge >= 0.3 is 6.09 Å². The van der Waals surface area contributed by atoms with Gasteiger partial charge in [0.2, 0.25) is 5.91 Å². The quantitative estimate of drug-likeness (QED) is 0.201. The van der Waals surface area contributed by atoms with E-state index < -0.39 is 22.8 Å². The molecule has 39 heavy (non-hydrogen) atoms. The van der Waals surface area contributed by atoms with Gasteiger partial charge in [-0.3, -0.25) is 10.1 Å². The monoisotopic (exact) mass is 548 g/mol. The van der Waals surface area contributed by atoms with Gasteiger partial charge in [0, 0.05) is 12.0 Å². The van der Waals surface area contributed by atoms with Crippen LogP contribution < -0.4 is 10.6 Å². The molecule has 0 radical (unpaired) electrons. The summed E-state index contributed by atoms with van der Waals surface area (Å²) in [6.07, 6.45) is 3.64. The largest absolute Gasteiger partial charge is 0.444 e. The number of rotatable bonds is 17. The number of carbonyl (C=O) groups is 2. The second kappa shape index (κ2) is 16.2. The zero-order valence-corrected chi connectivity index (χ0v) is 26.3. The second-order valence-corrected chi connectivity index (χ2v) is 13.2. The predicted octanol–water partition coefficient (Wildman–Crippen LogP) is 7.23. The van der Waals surface area contributed by atoms with Crippen molar-refractivity contribution in [3.8, 4) is 0 Å². The Bertz CT molecular complexity index is 846. The molecule has 2 amide bonds. The van der Waals surface area contributed by atoms with E-state index in [1.807, 2.05) is 52.8 Å². The lowest BCUT2D eigenvalue weighted by Gasteiger charge is -2.34. The highest BCUT2D eigenvalue weighted by Crippen LogP contribution is 2.25. The van der Waals surface area contributed by atoms with Crippen LogP contribution in [0.2, 0.25) is 0 Å². The van der Waals surface area contributed by atoms with Crippen molar-refractivity contribution < 1.29 is 23.8 Å². The highest BCUT2D eigenvalue weighted by molar-refractivity contribution is 5.81. The van der Waals surface area contributed by atoms with Gasteiger partial charge < -0.3 is 19.5 Å². The maximum absolute atomic E-state index is 13.0. The van der Waals surface area contributed by atoms with Gasteiger partial charge in [-0.25, -0.2) is 4.79 Å². The third-order valence-electron chi connectivity index (χ3n) is 6.77. The molecule has 0 aliphatic heterocycles. The Hall–Kier alpha value is -2.12.